The van der Waals surface area contributed by atoms with E-state index in [0.717, 1.165) is 10.5 Å². The number of ether oxygens (including phenoxy) is 3. The Morgan fingerprint density at radius 2 is 1.81 bits per heavy atom. The molecule has 0 fully saturated rings. The van der Waals surface area contributed by atoms with E-state index >= 15 is 0 Å². The molecule has 9 nitrogen and oxygen atoms in total. The van der Waals surface area contributed by atoms with Gasteiger partial charge >= 0.3 is 6.09 Å². The molecule has 0 unspecified atom stereocenters. The van der Waals surface area contributed by atoms with Crippen molar-refractivity contribution in [3.05, 3.63) is 70.7 Å². The third-order valence-electron chi connectivity index (χ3n) is 4.10. The van der Waals surface area contributed by atoms with Crippen molar-refractivity contribution < 1.29 is 34.1 Å². The van der Waals surface area contributed by atoms with Crippen LogP contribution in [0.15, 0.2) is 65.2 Å². The highest BCUT2D eigenvalue weighted by atomic mass is 79.9. The standard InChI is InChI=1S/C22H25BrN2O7/c1-2-30-19(11-12-20(27)25-29)21(15-3-9-18(10-4-15)31-14-13-26)32-22(28)24-17-7-5-16(23)6-8-17/h3-12,19,21,26,29H,2,13-14H2,1H3,(H,24,28)(H,25,27)/b12-11+/t19-,21-/m1/s1. The van der Waals surface area contributed by atoms with Crippen LogP contribution in [0, 0.1) is 0 Å². The number of benzene rings is 2. The van der Waals surface area contributed by atoms with Crippen LogP contribution in [0.1, 0.15) is 18.6 Å². The van der Waals surface area contributed by atoms with Crippen LogP contribution in [0.4, 0.5) is 10.5 Å². The molecule has 2 rings (SSSR count). The SMILES string of the molecule is CCO[C@H](/C=C/C(=O)NO)[C@H](OC(=O)Nc1ccc(Br)cc1)c1ccc(OCCO)cc1. The Hall–Kier alpha value is -2.92. The van der Waals surface area contributed by atoms with Gasteiger partial charge in [-0.25, -0.2) is 10.3 Å². The minimum absolute atomic E-state index is 0.117. The van der Waals surface area contributed by atoms with Crippen molar-refractivity contribution in [2.75, 3.05) is 25.1 Å². The van der Waals surface area contributed by atoms with Crippen molar-refractivity contribution in [1.82, 2.24) is 5.48 Å². The van der Waals surface area contributed by atoms with E-state index in [4.69, 9.17) is 24.5 Å². The number of rotatable bonds is 11. The molecule has 4 N–H and O–H groups in total. The first-order valence-corrected chi connectivity index (χ1v) is 10.6. The topological polar surface area (TPSA) is 126 Å². The molecule has 0 saturated carbocycles. The second-order valence-corrected chi connectivity index (χ2v) is 7.27. The number of nitrogens with one attached hydrogen (secondary N) is 2. The maximum atomic E-state index is 12.6. The van der Waals surface area contributed by atoms with Crippen LogP contribution >= 0.6 is 15.9 Å². The summed E-state index contributed by atoms with van der Waals surface area (Å²) < 4.78 is 17.6. The van der Waals surface area contributed by atoms with Gasteiger partial charge in [0.25, 0.3) is 5.91 Å². The summed E-state index contributed by atoms with van der Waals surface area (Å²) >= 11 is 3.33. The van der Waals surface area contributed by atoms with Gasteiger partial charge in [0, 0.05) is 22.8 Å². The van der Waals surface area contributed by atoms with Gasteiger partial charge in [-0.1, -0.05) is 28.1 Å². The molecule has 10 heteroatoms. The summed E-state index contributed by atoms with van der Waals surface area (Å²) in [7, 11) is 0. The Labute approximate surface area is 194 Å². The van der Waals surface area contributed by atoms with E-state index in [-0.39, 0.29) is 19.8 Å². The highest BCUT2D eigenvalue weighted by Crippen LogP contribution is 2.27. The number of aliphatic hydroxyl groups excluding tert-OH is 1. The molecule has 2 atom stereocenters. The van der Waals surface area contributed by atoms with Gasteiger partial charge in [0.1, 0.15) is 18.5 Å². The average Bonchev–Trinajstić information content (AvgIpc) is 2.80. The van der Waals surface area contributed by atoms with Crippen molar-refractivity contribution in [3.8, 4) is 5.75 Å². The van der Waals surface area contributed by atoms with Crippen LogP contribution in [0.2, 0.25) is 0 Å². The Morgan fingerprint density at radius 3 is 2.41 bits per heavy atom. The second kappa shape index (κ2) is 13.5. The van der Waals surface area contributed by atoms with Gasteiger partial charge in [0.15, 0.2) is 6.10 Å². The fourth-order valence-corrected chi connectivity index (χ4v) is 2.96. The van der Waals surface area contributed by atoms with Gasteiger partial charge in [-0.3, -0.25) is 15.3 Å². The third kappa shape index (κ3) is 8.31. The largest absolute Gasteiger partial charge is 0.491 e. The minimum atomic E-state index is -0.917. The normalized spacial score (nSPS) is 12.8. The molecule has 2 aromatic carbocycles. The summed E-state index contributed by atoms with van der Waals surface area (Å²) in [5, 5.41) is 20.3. The number of hydrogen-bond acceptors (Lipinski definition) is 7. The fraction of sp³-hybridized carbons (Fsp3) is 0.273. The lowest BCUT2D eigenvalue weighted by Crippen LogP contribution is -2.28. The molecular formula is C22H25BrN2O7. The van der Waals surface area contributed by atoms with Crippen LogP contribution in [-0.4, -0.2) is 48.2 Å². The van der Waals surface area contributed by atoms with Gasteiger partial charge in [-0.2, -0.15) is 0 Å². The molecule has 0 aromatic heterocycles. The predicted octanol–water partition coefficient (Wildman–Crippen LogP) is 3.58. The number of anilines is 1. The Balaban J connectivity index is 2.27. The molecule has 0 saturated heterocycles. The molecule has 0 bridgehead atoms. The van der Waals surface area contributed by atoms with E-state index in [1.807, 2.05) is 0 Å². The van der Waals surface area contributed by atoms with Crippen LogP contribution < -0.4 is 15.5 Å². The number of hydroxylamine groups is 1. The van der Waals surface area contributed by atoms with Gasteiger partial charge in [0.05, 0.1) is 6.61 Å². The Morgan fingerprint density at radius 1 is 1.12 bits per heavy atom. The molecule has 0 aliphatic carbocycles. The number of carbonyl (C=O) groups is 2. The molecule has 0 radical (unpaired) electrons. The summed E-state index contributed by atoms with van der Waals surface area (Å²) in [5.74, 6) is -0.218. The first-order valence-electron chi connectivity index (χ1n) is 9.77. The highest BCUT2D eigenvalue weighted by Gasteiger charge is 2.26. The van der Waals surface area contributed by atoms with Crippen molar-refractivity contribution in [1.29, 1.82) is 0 Å². The number of aliphatic hydroxyl groups is 1. The molecular weight excluding hydrogens is 484 g/mol. The molecule has 0 aliphatic heterocycles. The molecule has 172 valence electrons. The van der Waals surface area contributed by atoms with Crippen LogP contribution in [0.25, 0.3) is 0 Å². The molecule has 2 amide bonds. The zero-order valence-corrected chi connectivity index (χ0v) is 18.9. The lowest BCUT2D eigenvalue weighted by atomic mass is 10.0. The van der Waals surface area contributed by atoms with Gasteiger partial charge < -0.3 is 19.3 Å². The third-order valence-corrected chi connectivity index (χ3v) is 4.63. The summed E-state index contributed by atoms with van der Waals surface area (Å²) in [6.45, 7) is 2.07. The van der Waals surface area contributed by atoms with E-state index in [1.54, 1.807) is 55.5 Å². The van der Waals surface area contributed by atoms with Crippen LogP contribution in [-0.2, 0) is 14.3 Å². The van der Waals surface area contributed by atoms with E-state index < -0.39 is 24.2 Å². The van der Waals surface area contributed by atoms with E-state index in [9.17, 15) is 9.59 Å². The first-order chi connectivity index (χ1) is 15.5. The summed E-state index contributed by atoms with van der Waals surface area (Å²) in [5.41, 5.74) is 2.62. The molecule has 2 aromatic rings. The van der Waals surface area contributed by atoms with Crippen molar-refractivity contribution in [2.24, 2.45) is 0 Å². The lowest BCUT2D eigenvalue weighted by Gasteiger charge is -2.25. The summed E-state index contributed by atoms with van der Waals surface area (Å²) in [4.78, 5) is 24.0. The van der Waals surface area contributed by atoms with E-state index in [2.05, 4.69) is 21.2 Å². The maximum Gasteiger partial charge on any atom is 0.412 e. The number of amides is 2. The van der Waals surface area contributed by atoms with Crippen molar-refractivity contribution >= 4 is 33.6 Å². The van der Waals surface area contributed by atoms with E-state index in [1.165, 1.54) is 11.6 Å². The summed E-state index contributed by atoms with van der Waals surface area (Å²) in [6.07, 6.45) is 0.0186. The second-order valence-electron chi connectivity index (χ2n) is 6.35. The number of carbonyl (C=O) groups excluding carboxylic acids is 2. The van der Waals surface area contributed by atoms with E-state index in [0.29, 0.717) is 17.0 Å². The highest BCUT2D eigenvalue weighted by molar-refractivity contribution is 9.10. The quantitative estimate of drug-likeness (QED) is 0.207. The predicted molar refractivity (Wildman–Crippen MR) is 120 cm³/mol. The molecule has 0 spiro atoms. The van der Waals surface area contributed by atoms with Crippen molar-refractivity contribution in [3.63, 3.8) is 0 Å². The van der Waals surface area contributed by atoms with Crippen molar-refractivity contribution in [2.45, 2.75) is 19.1 Å². The zero-order chi connectivity index (χ0) is 23.3. The minimum Gasteiger partial charge on any atom is -0.491 e. The van der Waals surface area contributed by atoms with Crippen LogP contribution in [0.3, 0.4) is 0 Å². The Bertz CT molecular complexity index is 888. The fourth-order valence-electron chi connectivity index (χ4n) is 2.69. The lowest BCUT2D eigenvalue weighted by molar-refractivity contribution is -0.124. The zero-order valence-electron chi connectivity index (χ0n) is 17.4. The number of hydrogen-bond donors (Lipinski definition) is 4. The maximum absolute atomic E-state index is 12.6. The molecule has 0 heterocycles. The average molecular weight is 509 g/mol. The van der Waals surface area contributed by atoms with Crippen LogP contribution in [0.5, 0.6) is 5.75 Å². The number of halogens is 1. The molecule has 0 aliphatic rings. The smallest absolute Gasteiger partial charge is 0.412 e. The van der Waals surface area contributed by atoms with Gasteiger partial charge in [-0.15, -0.1) is 0 Å². The summed E-state index contributed by atoms with van der Waals surface area (Å²) in [6, 6.07) is 13.7. The monoisotopic (exact) mass is 508 g/mol. The van der Waals surface area contributed by atoms with Gasteiger partial charge in [0.2, 0.25) is 0 Å². The van der Waals surface area contributed by atoms with Gasteiger partial charge in [-0.05, 0) is 55.0 Å². The first kappa shape index (κ1) is 25.3. The Kier molecular flexibility index (Phi) is 10.7. The molecule has 32 heavy (non-hydrogen) atoms.